The van der Waals surface area contributed by atoms with Gasteiger partial charge in [0, 0.05) is 4.88 Å². The van der Waals surface area contributed by atoms with Gasteiger partial charge in [0.2, 0.25) is 0 Å². The molecule has 0 spiro atoms. The van der Waals surface area contributed by atoms with Gasteiger partial charge >= 0.3 is 0 Å². The minimum Gasteiger partial charge on any atom is -0.387 e. The first-order chi connectivity index (χ1) is 10.0. The standard InChI is InChI=1S/C14H13I2N3OS/c15-12-13(16)19(8-18-12)11(14(20)5-1-2-6-14)10-4-3-9(7-17)21-10/h3-4,8,11,20H,1-2,5-6H2. The Morgan fingerprint density at radius 3 is 2.62 bits per heavy atom. The molecule has 2 heterocycles. The van der Waals surface area contributed by atoms with Gasteiger partial charge in [0.05, 0.1) is 18.0 Å². The van der Waals surface area contributed by atoms with Gasteiger partial charge in [-0.15, -0.1) is 11.3 Å². The van der Waals surface area contributed by atoms with Crippen molar-refractivity contribution in [2.45, 2.75) is 37.3 Å². The largest absolute Gasteiger partial charge is 0.387 e. The summed E-state index contributed by atoms with van der Waals surface area (Å²) < 4.78 is 4.03. The number of hydrogen-bond donors (Lipinski definition) is 1. The van der Waals surface area contributed by atoms with Crippen molar-refractivity contribution in [3.63, 3.8) is 0 Å². The second-order valence-corrected chi connectivity index (χ2v) is 8.42. The molecule has 1 atom stereocenters. The lowest BCUT2D eigenvalue weighted by atomic mass is 9.91. The molecule has 2 aromatic rings. The first-order valence-electron chi connectivity index (χ1n) is 6.65. The van der Waals surface area contributed by atoms with E-state index in [2.05, 4.69) is 60.8 Å². The van der Waals surface area contributed by atoms with Crippen LogP contribution in [0.4, 0.5) is 0 Å². The molecule has 0 amide bonds. The van der Waals surface area contributed by atoms with Crippen molar-refractivity contribution in [1.82, 2.24) is 9.55 Å². The van der Waals surface area contributed by atoms with Crippen molar-refractivity contribution in [3.05, 3.63) is 35.6 Å². The molecule has 21 heavy (non-hydrogen) atoms. The molecule has 0 aliphatic heterocycles. The van der Waals surface area contributed by atoms with Crippen LogP contribution in [0.1, 0.15) is 41.5 Å². The summed E-state index contributed by atoms with van der Waals surface area (Å²) in [6.07, 6.45) is 5.48. The average molecular weight is 525 g/mol. The molecule has 1 N–H and O–H groups in total. The van der Waals surface area contributed by atoms with Crippen molar-refractivity contribution < 1.29 is 5.11 Å². The molecular weight excluding hydrogens is 512 g/mol. The lowest BCUT2D eigenvalue weighted by Gasteiger charge is -2.33. The van der Waals surface area contributed by atoms with E-state index in [9.17, 15) is 5.11 Å². The second kappa shape index (κ2) is 6.14. The molecule has 0 saturated heterocycles. The van der Waals surface area contributed by atoms with Crippen molar-refractivity contribution in [3.8, 4) is 6.07 Å². The normalized spacial score (nSPS) is 18.6. The summed E-state index contributed by atoms with van der Waals surface area (Å²) >= 11 is 5.94. The van der Waals surface area contributed by atoms with Crippen molar-refractivity contribution >= 4 is 56.5 Å². The van der Waals surface area contributed by atoms with Crippen molar-refractivity contribution in [2.24, 2.45) is 0 Å². The molecule has 0 bridgehead atoms. The van der Waals surface area contributed by atoms with Gasteiger partial charge in [-0.05, 0) is 70.2 Å². The lowest BCUT2D eigenvalue weighted by Crippen LogP contribution is -2.37. The second-order valence-electron chi connectivity index (χ2n) is 5.26. The molecule has 1 saturated carbocycles. The van der Waals surface area contributed by atoms with Crippen LogP contribution in [0.5, 0.6) is 0 Å². The van der Waals surface area contributed by atoms with E-state index >= 15 is 0 Å². The Balaban J connectivity index is 2.11. The summed E-state index contributed by atoms with van der Waals surface area (Å²) in [7, 11) is 0. The smallest absolute Gasteiger partial charge is 0.133 e. The van der Waals surface area contributed by atoms with Crippen LogP contribution >= 0.6 is 56.5 Å². The van der Waals surface area contributed by atoms with Crippen LogP contribution in [0.25, 0.3) is 0 Å². The average Bonchev–Trinajstić information content (AvgIpc) is 3.17. The topological polar surface area (TPSA) is 61.8 Å². The molecule has 7 heteroatoms. The number of nitrogens with zero attached hydrogens (tertiary/aromatic N) is 3. The number of imidazole rings is 1. The number of halogens is 2. The Morgan fingerprint density at radius 2 is 2.10 bits per heavy atom. The van der Waals surface area contributed by atoms with Crippen molar-refractivity contribution in [2.75, 3.05) is 0 Å². The van der Waals surface area contributed by atoms with Gasteiger partial charge in [0.15, 0.2) is 0 Å². The maximum atomic E-state index is 11.1. The highest BCUT2D eigenvalue weighted by molar-refractivity contribution is 14.1. The fourth-order valence-electron chi connectivity index (χ4n) is 2.98. The molecule has 2 aromatic heterocycles. The number of aromatic nitrogens is 2. The van der Waals surface area contributed by atoms with E-state index in [-0.39, 0.29) is 6.04 Å². The number of aliphatic hydroxyl groups is 1. The van der Waals surface area contributed by atoms with Gasteiger partial charge < -0.3 is 9.67 Å². The number of rotatable bonds is 3. The van der Waals surface area contributed by atoms with E-state index in [1.54, 1.807) is 6.33 Å². The Hall–Kier alpha value is -0.180. The van der Waals surface area contributed by atoms with Crippen LogP contribution in [-0.2, 0) is 0 Å². The van der Waals surface area contributed by atoms with Crippen LogP contribution in [-0.4, -0.2) is 20.3 Å². The number of thiophene rings is 1. The number of nitriles is 1. The van der Waals surface area contributed by atoms with Gasteiger partial charge in [0.1, 0.15) is 18.3 Å². The Labute approximate surface area is 154 Å². The van der Waals surface area contributed by atoms with Gasteiger partial charge in [-0.25, -0.2) is 4.98 Å². The summed E-state index contributed by atoms with van der Waals surface area (Å²) in [4.78, 5) is 6.07. The van der Waals surface area contributed by atoms with E-state index in [1.807, 2.05) is 12.1 Å². The van der Waals surface area contributed by atoms with Crippen LogP contribution < -0.4 is 0 Å². The number of hydrogen-bond acceptors (Lipinski definition) is 4. The first-order valence-corrected chi connectivity index (χ1v) is 9.62. The zero-order valence-electron chi connectivity index (χ0n) is 11.1. The maximum Gasteiger partial charge on any atom is 0.133 e. The highest BCUT2D eigenvalue weighted by Gasteiger charge is 2.43. The Morgan fingerprint density at radius 1 is 1.38 bits per heavy atom. The summed E-state index contributed by atoms with van der Waals surface area (Å²) in [6, 6.07) is 5.83. The van der Waals surface area contributed by atoms with Crippen LogP contribution in [0.15, 0.2) is 18.5 Å². The predicted molar refractivity (Wildman–Crippen MR) is 98.3 cm³/mol. The van der Waals surface area contributed by atoms with E-state index < -0.39 is 5.60 Å². The molecule has 1 aliphatic rings. The minimum absolute atomic E-state index is 0.157. The summed E-state index contributed by atoms with van der Waals surface area (Å²) in [5.74, 6) is 0. The van der Waals surface area contributed by atoms with E-state index in [0.717, 1.165) is 38.0 Å². The monoisotopic (exact) mass is 525 g/mol. The highest BCUT2D eigenvalue weighted by atomic mass is 127. The molecule has 1 unspecified atom stereocenters. The zero-order valence-corrected chi connectivity index (χ0v) is 16.2. The molecule has 110 valence electrons. The third-order valence-electron chi connectivity index (χ3n) is 3.96. The molecule has 0 radical (unpaired) electrons. The molecular formula is C14H13I2N3OS. The molecule has 0 aromatic carbocycles. The quantitative estimate of drug-likeness (QED) is 0.619. The fraction of sp³-hybridized carbons (Fsp3) is 0.429. The summed E-state index contributed by atoms with van der Waals surface area (Å²) in [5.41, 5.74) is -0.749. The minimum atomic E-state index is -0.749. The van der Waals surface area contributed by atoms with Gasteiger partial charge in [-0.1, -0.05) is 12.8 Å². The Kier molecular flexibility index (Phi) is 4.59. The van der Waals surface area contributed by atoms with Crippen LogP contribution in [0.2, 0.25) is 0 Å². The third kappa shape index (κ3) is 2.87. The fourth-order valence-corrected chi connectivity index (χ4v) is 4.95. The maximum absolute atomic E-state index is 11.1. The Bertz CT molecular complexity index is 697. The predicted octanol–water partition coefficient (Wildman–Crippen LogP) is 3.92. The van der Waals surface area contributed by atoms with Gasteiger partial charge in [-0.2, -0.15) is 5.26 Å². The molecule has 4 nitrogen and oxygen atoms in total. The molecule has 3 rings (SSSR count). The zero-order chi connectivity index (χ0) is 15.0. The van der Waals surface area contributed by atoms with Crippen LogP contribution in [0.3, 0.4) is 0 Å². The van der Waals surface area contributed by atoms with Crippen LogP contribution in [0, 0.1) is 18.7 Å². The molecule has 1 aliphatic carbocycles. The lowest BCUT2D eigenvalue weighted by molar-refractivity contribution is 0.00901. The van der Waals surface area contributed by atoms with Gasteiger partial charge in [-0.3, -0.25) is 0 Å². The first kappa shape index (κ1) is 15.7. The van der Waals surface area contributed by atoms with E-state index in [1.165, 1.54) is 11.3 Å². The van der Waals surface area contributed by atoms with E-state index in [0.29, 0.717) is 4.88 Å². The molecule has 1 fully saturated rings. The van der Waals surface area contributed by atoms with Crippen molar-refractivity contribution in [1.29, 1.82) is 5.26 Å². The third-order valence-corrected chi connectivity index (χ3v) is 7.89. The van der Waals surface area contributed by atoms with Gasteiger partial charge in [0.25, 0.3) is 0 Å². The SMILES string of the molecule is N#Cc1ccc(C(n2cnc(I)c2I)C2(O)CCCC2)s1. The summed E-state index contributed by atoms with van der Waals surface area (Å²) in [6.45, 7) is 0. The van der Waals surface area contributed by atoms with E-state index in [4.69, 9.17) is 5.26 Å². The summed E-state index contributed by atoms with van der Waals surface area (Å²) in [5, 5.41) is 20.2. The highest BCUT2D eigenvalue weighted by Crippen LogP contribution is 2.44.